The fourth-order valence-electron chi connectivity index (χ4n) is 1.22. The SMILES string of the molecule is CCCc1nc(CN(C)C(C)C(=O)O)no1. The average Bonchev–Trinajstić information content (AvgIpc) is 2.65. The van der Waals surface area contributed by atoms with E-state index in [2.05, 4.69) is 10.1 Å². The second-order valence-corrected chi connectivity index (χ2v) is 3.78. The van der Waals surface area contributed by atoms with Gasteiger partial charge in [-0.1, -0.05) is 12.1 Å². The van der Waals surface area contributed by atoms with Gasteiger partial charge in [0.1, 0.15) is 6.04 Å². The normalized spacial score (nSPS) is 13.0. The van der Waals surface area contributed by atoms with E-state index in [9.17, 15) is 4.79 Å². The maximum absolute atomic E-state index is 10.7. The largest absolute Gasteiger partial charge is 0.480 e. The third kappa shape index (κ3) is 3.30. The van der Waals surface area contributed by atoms with E-state index in [1.54, 1.807) is 18.9 Å². The third-order valence-electron chi connectivity index (χ3n) is 2.38. The van der Waals surface area contributed by atoms with Gasteiger partial charge in [-0.2, -0.15) is 4.98 Å². The summed E-state index contributed by atoms with van der Waals surface area (Å²) in [6, 6.07) is -0.562. The third-order valence-corrected chi connectivity index (χ3v) is 2.38. The minimum absolute atomic E-state index is 0.376. The van der Waals surface area contributed by atoms with E-state index in [1.807, 2.05) is 6.92 Å². The number of aromatic nitrogens is 2. The molecule has 0 saturated carbocycles. The molecule has 1 atom stereocenters. The molecule has 1 rings (SSSR count). The second-order valence-electron chi connectivity index (χ2n) is 3.78. The van der Waals surface area contributed by atoms with Gasteiger partial charge < -0.3 is 9.63 Å². The van der Waals surface area contributed by atoms with Gasteiger partial charge in [-0.05, 0) is 20.4 Å². The molecule has 1 N–H and O–H groups in total. The molecule has 0 aliphatic heterocycles. The molecule has 16 heavy (non-hydrogen) atoms. The molecule has 1 aromatic rings. The van der Waals surface area contributed by atoms with E-state index in [-0.39, 0.29) is 0 Å². The summed E-state index contributed by atoms with van der Waals surface area (Å²) in [7, 11) is 1.72. The van der Waals surface area contributed by atoms with Gasteiger partial charge in [-0.25, -0.2) is 0 Å². The lowest BCUT2D eigenvalue weighted by atomic mass is 10.3. The summed E-state index contributed by atoms with van der Waals surface area (Å²) in [5, 5.41) is 12.6. The Kier molecular flexibility index (Phi) is 4.42. The lowest BCUT2D eigenvalue weighted by Gasteiger charge is -2.18. The highest BCUT2D eigenvalue weighted by Crippen LogP contribution is 2.05. The van der Waals surface area contributed by atoms with Crippen molar-refractivity contribution in [3.8, 4) is 0 Å². The molecule has 1 heterocycles. The number of hydrogen-bond donors (Lipinski definition) is 1. The van der Waals surface area contributed by atoms with Crippen molar-refractivity contribution in [1.29, 1.82) is 0 Å². The number of rotatable bonds is 6. The van der Waals surface area contributed by atoms with Crippen LogP contribution in [0.4, 0.5) is 0 Å². The minimum atomic E-state index is -0.861. The molecule has 1 unspecified atom stereocenters. The number of carbonyl (C=O) groups is 1. The van der Waals surface area contributed by atoms with Crippen molar-refractivity contribution in [2.24, 2.45) is 0 Å². The van der Waals surface area contributed by atoms with Gasteiger partial charge in [-0.3, -0.25) is 9.69 Å². The molecule has 6 nitrogen and oxygen atoms in total. The molecule has 0 spiro atoms. The zero-order valence-electron chi connectivity index (χ0n) is 9.80. The average molecular weight is 227 g/mol. The van der Waals surface area contributed by atoms with Crippen molar-refractivity contribution in [3.05, 3.63) is 11.7 Å². The first-order valence-electron chi connectivity index (χ1n) is 5.29. The second kappa shape index (κ2) is 5.60. The molecule has 6 heteroatoms. The van der Waals surface area contributed by atoms with Gasteiger partial charge in [0, 0.05) is 6.42 Å². The number of nitrogens with zero attached hydrogens (tertiary/aromatic N) is 3. The Balaban J connectivity index is 2.55. The molecule has 0 radical (unpaired) electrons. The molecular weight excluding hydrogens is 210 g/mol. The molecule has 0 saturated heterocycles. The number of aryl methyl sites for hydroxylation is 1. The maximum atomic E-state index is 10.7. The quantitative estimate of drug-likeness (QED) is 0.778. The van der Waals surface area contributed by atoms with Crippen molar-refractivity contribution < 1.29 is 14.4 Å². The summed E-state index contributed by atoms with van der Waals surface area (Å²) in [6.07, 6.45) is 1.70. The standard InChI is InChI=1S/C10H17N3O3/c1-4-5-9-11-8(12-16-9)6-13(3)7(2)10(14)15/h7H,4-6H2,1-3H3,(H,14,15). The summed E-state index contributed by atoms with van der Waals surface area (Å²) in [4.78, 5) is 16.6. The van der Waals surface area contributed by atoms with Crippen LogP contribution < -0.4 is 0 Å². The highest BCUT2D eigenvalue weighted by molar-refractivity contribution is 5.72. The Hall–Kier alpha value is -1.43. The molecule has 0 aliphatic rings. The van der Waals surface area contributed by atoms with Crippen LogP contribution in [-0.4, -0.2) is 39.2 Å². The van der Waals surface area contributed by atoms with Gasteiger partial charge in [0.05, 0.1) is 6.54 Å². The van der Waals surface area contributed by atoms with Gasteiger partial charge in [0.25, 0.3) is 0 Å². The van der Waals surface area contributed by atoms with Crippen LogP contribution >= 0.6 is 0 Å². The summed E-state index contributed by atoms with van der Waals surface area (Å²) >= 11 is 0. The summed E-state index contributed by atoms with van der Waals surface area (Å²) < 4.78 is 5.01. The Morgan fingerprint density at radius 2 is 2.31 bits per heavy atom. The number of carboxylic acids is 1. The fraction of sp³-hybridized carbons (Fsp3) is 0.700. The molecule has 0 fully saturated rings. The van der Waals surface area contributed by atoms with E-state index < -0.39 is 12.0 Å². The van der Waals surface area contributed by atoms with Crippen LogP contribution in [0.15, 0.2) is 4.52 Å². The zero-order valence-corrected chi connectivity index (χ0v) is 9.80. The van der Waals surface area contributed by atoms with Crippen molar-refractivity contribution in [1.82, 2.24) is 15.0 Å². The lowest BCUT2D eigenvalue weighted by Crippen LogP contribution is -2.35. The molecule has 0 amide bonds. The monoisotopic (exact) mass is 227 g/mol. The van der Waals surface area contributed by atoms with Gasteiger partial charge in [0.15, 0.2) is 5.82 Å². The van der Waals surface area contributed by atoms with Gasteiger partial charge in [-0.15, -0.1) is 0 Å². The molecule has 90 valence electrons. The van der Waals surface area contributed by atoms with Crippen molar-refractivity contribution in [2.75, 3.05) is 7.05 Å². The van der Waals surface area contributed by atoms with Crippen LogP contribution in [0.1, 0.15) is 32.0 Å². The Bertz CT molecular complexity index is 351. The highest BCUT2D eigenvalue weighted by atomic mass is 16.5. The van der Waals surface area contributed by atoms with E-state index in [4.69, 9.17) is 9.63 Å². The lowest BCUT2D eigenvalue weighted by molar-refractivity contribution is -0.142. The maximum Gasteiger partial charge on any atom is 0.320 e. The van der Waals surface area contributed by atoms with Crippen LogP contribution in [-0.2, 0) is 17.8 Å². The van der Waals surface area contributed by atoms with E-state index >= 15 is 0 Å². The smallest absolute Gasteiger partial charge is 0.320 e. The highest BCUT2D eigenvalue weighted by Gasteiger charge is 2.18. The summed E-state index contributed by atoms with van der Waals surface area (Å²) in [5.74, 6) is 0.271. The van der Waals surface area contributed by atoms with Gasteiger partial charge >= 0.3 is 5.97 Å². The van der Waals surface area contributed by atoms with Gasteiger partial charge in [0.2, 0.25) is 5.89 Å². The van der Waals surface area contributed by atoms with E-state index in [0.717, 1.165) is 12.8 Å². The van der Waals surface area contributed by atoms with Crippen LogP contribution in [0.5, 0.6) is 0 Å². The van der Waals surface area contributed by atoms with Crippen molar-refractivity contribution in [2.45, 2.75) is 39.3 Å². The van der Waals surface area contributed by atoms with Crippen LogP contribution in [0, 0.1) is 0 Å². The zero-order chi connectivity index (χ0) is 12.1. The summed E-state index contributed by atoms with van der Waals surface area (Å²) in [6.45, 7) is 4.03. The predicted octanol–water partition coefficient (Wildman–Crippen LogP) is 0.927. The first-order valence-corrected chi connectivity index (χ1v) is 5.29. The number of likely N-dealkylation sites (N-methyl/N-ethyl adjacent to an activating group) is 1. The minimum Gasteiger partial charge on any atom is -0.480 e. The first kappa shape index (κ1) is 12.6. The van der Waals surface area contributed by atoms with Crippen LogP contribution in [0.3, 0.4) is 0 Å². The Labute approximate surface area is 94.3 Å². The molecule has 1 aromatic heterocycles. The van der Waals surface area contributed by atoms with E-state index in [1.165, 1.54) is 0 Å². The summed E-state index contributed by atoms with van der Waals surface area (Å²) in [5.41, 5.74) is 0. The molecule has 0 aromatic carbocycles. The molecule has 0 aliphatic carbocycles. The Morgan fingerprint density at radius 1 is 1.62 bits per heavy atom. The number of hydrogen-bond acceptors (Lipinski definition) is 5. The van der Waals surface area contributed by atoms with E-state index in [0.29, 0.717) is 18.3 Å². The first-order chi connectivity index (χ1) is 7.54. The topological polar surface area (TPSA) is 79.5 Å². The fourth-order valence-corrected chi connectivity index (χ4v) is 1.22. The van der Waals surface area contributed by atoms with Crippen LogP contribution in [0.2, 0.25) is 0 Å². The Morgan fingerprint density at radius 3 is 2.88 bits per heavy atom. The van der Waals surface area contributed by atoms with Crippen molar-refractivity contribution >= 4 is 5.97 Å². The number of aliphatic carboxylic acids is 1. The predicted molar refractivity (Wildman–Crippen MR) is 56.9 cm³/mol. The van der Waals surface area contributed by atoms with Crippen LogP contribution in [0.25, 0.3) is 0 Å². The van der Waals surface area contributed by atoms with Crippen molar-refractivity contribution in [3.63, 3.8) is 0 Å². The molecular formula is C10H17N3O3. The number of carboxylic acid groups (broad SMARTS) is 1. The molecule has 0 bridgehead atoms.